The van der Waals surface area contributed by atoms with Gasteiger partial charge in [-0.15, -0.1) is 0 Å². The number of allylic oxidation sites excluding steroid dienone is 2. The van der Waals surface area contributed by atoms with Crippen LogP contribution in [0.5, 0.6) is 0 Å². The summed E-state index contributed by atoms with van der Waals surface area (Å²) in [6.07, 6.45) is 5.49. The molecule has 2 heteroatoms. The second kappa shape index (κ2) is 9.50. The molecule has 0 aromatic heterocycles. The van der Waals surface area contributed by atoms with Crippen LogP contribution >= 0.6 is 0 Å². The van der Waals surface area contributed by atoms with Crippen molar-refractivity contribution in [3.8, 4) is 22.3 Å². The second-order valence-electron chi connectivity index (χ2n) is 13.4. The zero-order valence-electron chi connectivity index (χ0n) is 24.7. The van der Waals surface area contributed by atoms with Crippen LogP contribution in [0, 0.1) is 0 Å². The average molecular weight is 703 g/mol. The standard InChI is InChI=1S/C36H34Si.2CH3.Hf/c1-25(2)37(26(3)4,31-21-29-17-11-19-33(35(29)23-31)27-13-7-5-8-14-27)32-22-30-18-12-20-34(36(30)24-32)28-15-9-6-10-16-28;;;/h5-26H,1-4H3;2*1H3;. The van der Waals surface area contributed by atoms with Crippen molar-refractivity contribution >= 4 is 20.2 Å². The quantitative estimate of drug-likeness (QED) is 0.186. The summed E-state index contributed by atoms with van der Waals surface area (Å²) >= 11 is -3.05. The van der Waals surface area contributed by atoms with Gasteiger partial charge in [-0.1, -0.05) is 0 Å². The van der Waals surface area contributed by atoms with Gasteiger partial charge in [0.15, 0.2) is 0 Å². The van der Waals surface area contributed by atoms with Crippen LogP contribution in [0.15, 0.2) is 107 Å². The van der Waals surface area contributed by atoms with Gasteiger partial charge in [0.2, 0.25) is 0 Å². The monoisotopic (exact) mass is 704 g/mol. The number of hydrogen-bond donors (Lipinski definition) is 0. The van der Waals surface area contributed by atoms with Crippen molar-refractivity contribution in [2.24, 2.45) is 0 Å². The fraction of sp³-hybridized carbons (Fsp3) is 0.263. The van der Waals surface area contributed by atoms with Crippen molar-refractivity contribution in [1.82, 2.24) is 0 Å². The molecule has 0 amide bonds. The van der Waals surface area contributed by atoms with Crippen LogP contribution in [0.3, 0.4) is 0 Å². The van der Waals surface area contributed by atoms with Crippen molar-refractivity contribution in [3.63, 3.8) is 0 Å². The maximum absolute atomic E-state index is 3.05. The Labute approximate surface area is 246 Å². The van der Waals surface area contributed by atoms with Crippen LogP contribution in [0.2, 0.25) is 20.4 Å². The molecule has 0 spiro atoms. The fourth-order valence-electron chi connectivity index (χ4n) is 9.20. The predicted octanol–water partition coefficient (Wildman–Crippen LogP) is 11.2. The summed E-state index contributed by atoms with van der Waals surface area (Å²) in [6, 6.07) is 36.6. The molecule has 1 aliphatic heterocycles. The molecule has 1 saturated heterocycles. The molecule has 7 rings (SSSR count). The molecule has 40 heavy (non-hydrogen) atoms. The van der Waals surface area contributed by atoms with E-state index >= 15 is 0 Å². The third-order valence-electron chi connectivity index (χ3n) is 10.6. The Morgan fingerprint density at radius 3 is 1.30 bits per heavy atom. The van der Waals surface area contributed by atoms with E-state index in [0.29, 0.717) is 18.4 Å². The first-order valence-electron chi connectivity index (χ1n) is 15.1. The van der Waals surface area contributed by atoms with E-state index in [9.17, 15) is 0 Å². The molecule has 0 nitrogen and oxygen atoms in total. The minimum absolute atomic E-state index is 0.656. The fourth-order valence-corrected chi connectivity index (χ4v) is 41.9. The zero-order chi connectivity index (χ0) is 27.8. The summed E-state index contributed by atoms with van der Waals surface area (Å²) in [6.45, 7) is 10.2. The van der Waals surface area contributed by atoms with E-state index in [-0.39, 0.29) is 0 Å². The van der Waals surface area contributed by atoms with E-state index in [1.54, 1.807) is 11.1 Å². The zero-order valence-corrected chi connectivity index (χ0v) is 29.3. The third kappa shape index (κ3) is 3.51. The molecule has 1 fully saturated rings. The van der Waals surface area contributed by atoms with Crippen molar-refractivity contribution in [3.05, 3.63) is 130 Å². The molecule has 0 bridgehead atoms. The van der Waals surface area contributed by atoms with Gasteiger partial charge < -0.3 is 0 Å². The van der Waals surface area contributed by atoms with Gasteiger partial charge in [0.25, 0.3) is 0 Å². The number of rotatable bonds is 4. The molecule has 0 saturated carbocycles. The Balaban J connectivity index is 1.52. The van der Waals surface area contributed by atoms with Gasteiger partial charge in [-0.3, -0.25) is 0 Å². The van der Waals surface area contributed by atoms with Crippen molar-refractivity contribution in [1.29, 1.82) is 0 Å². The Morgan fingerprint density at radius 2 is 0.925 bits per heavy atom. The summed E-state index contributed by atoms with van der Waals surface area (Å²) in [5.74, 6) is 0. The Kier molecular flexibility index (Phi) is 6.26. The number of fused-ring (bicyclic) bond motifs is 6. The van der Waals surface area contributed by atoms with Gasteiger partial charge >= 0.3 is 248 Å². The first kappa shape index (κ1) is 26.4. The van der Waals surface area contributed by atoms with E-state index in [0.717, 1.165) is 0 Å². The molecule has 2 atom stereocenters. The van der Waals surface area contributed by atoms with E-state index in [1.807, 2.05) is 10.4 Å². The molecule has 4 aromatic carbocycles. The van der Waals surface area contributed by atoms with Gasteiger partial charge in [0.1, 0.15) is 0 Å². The van der Waals surface area contributed by atoms with Crippen molar-refractivity contribution in [2.45, 2.75) is 55.5 Å². The van der Waals surface area contributed by atoms with Crippen LogP contribution < -0.4 is 0 Å². The van der Waals surface area contributed by atoms with Crippen LogP contribution in [0.25, 0.3) is 34.4 Å². The summed E-state index contributed by atoms with van der Waals surface area (Å²) in [5, 5.41) is 3.75. The van der Waals surface area contributed by atoms with Crippen LogP contribution in [-0.2, 0) is 20.0 Å². The Bertz CT molecular complexity index is 1550. The topological polar surface area (TPSA) is 0 Å². The molecular weight excluding hydrogens is 663 g/mol. The Hall–Kier alpha value is -2.55. The van der Waals surface area contributed by atoms with Crippen molar-refractivity contribution < 1.29 is 20.0 Å². The minimum atomic E-state index is -3.05. The molecule has 0 radical (unpaired) electrons. The summed E-state index contributed by atoms with van der Waals surface area (Å²) in [5.41, 5.74) is 13.2. The van der Waals surface area contributed by atoms with Gasteiger partial charge in [-0.25, -0.2) is 0 Å². The SMILES string of the molecule is CC(C)[Si]1(C(C)C)C2=Cc3c(-c4ccccc4)cccc3[CH]2[Hf]([CH3])([CH3])[CH]2C1=Cc1c(-c3ccccc3)cccc12. The second-order valence-corrected chi connectivity index (χ2v) is 35.9. The van der Waals surface area contributed by atoms with Gasteiger partial charge in [0.05, 0.1) is 0 Å². The van der Waals surface area contributed by atoms with Gasteiger partial charge in [-0.05, 0) is 0 Å². The third-order valence-corrected chi connectivity index (χ3v) is 34.2. The molecule has 1 heterocycles. The van der Waals surface area contributed by atoms with E-state index < -0.39 is 28.0 Å². The summed E-state index contributed by atoms with van der Waals surface area (Å²) in [7, 11) is -2.05. The van der Waals surface area contributed by atoms with Crippen molar-refractivity contribution in [2.75, 3.05) is 0 Å². The molecule has 4 aromatic rings. The van der Waals surface area contributed by atoms with Crippen LogP contribution in [0.4, 0.5) is 0 Å². The maximum atomic E-state index is 2.79. The van der Waals surface area contributed by atoms with E-state index in [1.165, 1.54) is 33.4 Å². The van der Waals surface area contributed by atoms with E-state index in [4.69, 9.17) is 0 Å². The van der Waals surface area contributed by atoms with E-state index in [2.05, 4.69) is 146 Å². The van der Waals surface area contributed by atoms with Crippen LogP contribution in [-0.4, -0.2) is 8.07 Å². The molecule has 2 aliphatic carbocycles. The van der Waals surface area contributed by atoms with Crippen LogP contribution in [0.1, 0.15) is 57.3 Å². The van der Waals surface area contributed by atoms with Gasteiger partial charge in [0, 0.05) is 0 Å². The molecular formula is C38H40HfSi. The van der Waals surface area contributed by atoms with Gasteiger partial charge in [-0.2, -0.15) is 0 Å². The first-order chi connectivity index (χ1) is 19.3. The molecule has 2 unspecified atom stereocenters. The normalized spacial score (nSPS) is 21.4. The molecule has 0 N–H and O–H groups in total. The molecule has 3 aliphatic rings. The Morgan fingerprint density at radius 1 is 0.525 bits per heavy atom. The average Bonchev–Trinajstić information content (AvgIpc) is 3.54. The number of benzene rings is 4. The summed E-state index contributed by atoms with van der Waals surface area (Å²) in [4.78, 5) is 0. The summed E-state index contributed by atoms with van der Waals surface area (Å²) < 4.78 is 6.90. The molecule has 200 valence electrons. The first-order valence-corrected chi connectivity index (χ1v) is 28.6. The number of hydrogen-bond acceptors (Lipinski definition) is 0. The predicted molar refractivity (Wildman–Crippen MR) is 173 cm³/mol.